The third-order valence-electron chi connectivity index (χ3n) is 2.79. The van der Waals surface area contributed by atoms with Crippen LogP contribution in [0.2, 0.25) is 0 Å². The first-order valence-corrected chi connectivity index (χ1v) is 6.36. The van der Waals surface area contributed by atoms with E-state index in [4.69, 9.17) is 15.8 Å². The Labute approximate surface area is 135 Å². The van der Waals surface area contributed by atoms with Crippen LogP contribution in [0, 0.1) is 40.9 Å². The molecule has 24 heavy (non-hydrogen) atoms. The summed E-state index contributed by atoms with van der Waals surface area (Å²) in [6.07, 6.45) is -3.83. The first-order valence-electron chi connectivity index (χ1n) is 6.36. The van der Waals surface area contributed by atoms with Gasteiger partial charge in [0.2, 0.25) is 0 Å². The zero-order valence-corrected chi connectivity index (χ0v) is 12.3. The third-order valence-corrected chi connectivity index (χ3v) is 2.79. The van der Waals surface area contributed by atoms with Gasteiger partial charge in [-0.25, -0.2) is 8.78 Å². The number of ether oxygens (including phenoxy) is 1. The number of nitrogens with one attached hydrogen (secondary N) is 1. The smallest absolute Gasteiger partial charge is 0.340 e. The highest BCUT2D eigenvalue weighted by Crippen LogP contribution is 2.27. The molecule has 0 unspecified atom stereocenters. The number of nitriles is 3. The van der Waals surface area contributed by atoms with Gasteiger partial charge in [0.05, 0.1) is 0 Å². The van der Waals surface area contributed by atoms with Crippen LogP contribution in [0.1, 0.15) is 5.56 Å². The van der Waals surface area contributed by atoms with Crippen molar-refractivity contribution in [2.24, 2.45) is 0 Å². The van der Waals surface area contributed by atoms with Gasteiger partial charge in [-0.2, -0.15) is 24.6 Å². The highest BCUT2D eigenvalue weighted by Gasteiger charge is 2.41. The summed E-state index contributed by atoms with van der Waals surface area (Å²) in [5.74, 6) is -4.34. The third kappa shape index (κ3) is 4.62. The molecule has 0 aromatic heterocycles. The molecule has 1 aromatic carbocycles. The van der Waals surface area contributed by atoms with E-state index in [9.17, 15) is 17.6 Å². The fourth-order valence-electron chi connectivity index (χ4n) is 1.53. The largest absolute Gasteiger partial charge is 0.487 e. The van der Waals surface area contributed by atoms with Crippen molar-refractivity contribution in [3.8, 4) is 24.0 Å². The highest BCUT2D eigenvalue weighted by atomic mass is 19.3. The summed E-state index contributed by atoms with van der Waals surface area (Å²) >= 11 is 0. The Hall–Kier alpha value is -3.25. The van der Waals surface area contributed by atoms with Gasteiger partial charge in [-0.15, -0.1) is 0 Å². The second kappa shape index (κ2) is 7.85. The number of aryl methyl sites for hydroxylation is 1. The first kappa shape index (κ1) is 18.8. The van der Waals surface area contributed by atoms with Crippen molar-refractivity contribution >= 4 is 5.69 Å². The molecule has 0 saturated carbocycles. The molecule has 9 heteroatoms. The topological polar surface area (TPSA) is 92.6 Å². The van der Waals surface area contributed by atoms with E-state index < -0.39 is 24.5 Å². The number of alkyl halides is 4. The average Bonchev–Trinajstić information content (AvgIpc) is 2.54. The van der Waals surface area contributed by atoms with Gasteiger partial charge in [0.15, 0.2) is 12.2 Å². The van der Waals surface area contributed by atoms with Gasteiger partial charge in [-0.1, -0.05) is 0 Å². The molecule has 0 aliphatic heterocycles. The predicted octanol–water partition coefficient (Wildman–Crippen LogP) is 3.51. The molecule has 0 aliphatic rings. The summed E-state index contributed by atoms with van der Waals surface area (Å²) in [6.45, 7) is 0.0567. The number of rotatable bonds is 6. The van der Waals surface area contributed by atoms with Crippen molar-refractivity contribution in [2.45, 2.75) is 19.3 Å². The number of hydrogen-bond donors (Lipinski definition) is 1. The van der Waals surface area contributed by atoms with Crippen LogP contribution in [0.3, 0.4) is 0 Å². The monoisotopic (exact) mass is 338 g/mol. The Morgan fingerprint density at radius 2 is 1.83 bits per heavy atom. The summed E-state index contributed by atoms with van der Waals surface area (Å²) in [7, 11) is 0. The van der Waals surface area contributed by atoms with Crippen LogP contribution >= 0.6 is 0 Å². The lowest BCUT2D eigenvalue weighted by Crippen LogP contribution is -2.33. The normalized spacial score (nSPS) is 10.3. The molecule has 1 aromatic rings. The molecule has 0 fully saturated rings. The van der Waals surface area contributed by atoms with Crippen molar-refractivity contribution in [1.29, 1.82) is 15.8 Å². The summed E-state index contributed by atoms with van der Waals surface area (Å²) in [6, 6.07) is 8.63. The highest BCUT2D eigenvalue weighted by molar-refractivity contribution is 5.62. The van der Waals surface area contributed by atoms with E-state index in [1.165, 1.54) is 25.1 Å². The molecule has 1 N–H and O–H groups in total. The van der Waals surface area contributed by atoms with Crippen LogP contribution in [0.15, 0.2) is 29.5 Å². The molecule has 0 bridgehead atoms. The Morgan fingerprint density at radius 3 is 2.29 bits per heavy atom. The Kier molecular flexibility index (Phi) is 6.14. The maximum absolute atomic E-state index is 12.8. The minimum absolute atomic E-state index is 0.0679. The van der Waals surface area contributed by atoms with Gasteiger partial charge < -0.3 is 10.1 Å². The van der Waals surface area contributed by atoms with Crippen molar-refractivity contribution in [2.75, 3.05) is 11.9 Å². The molecular weight excluding hydrogens is 328 g/mol. The fraction of sp³-hybridized carbons (Fsp3) is 0.267. The van der Waals surface area contributed by atoms with Gasteiger partial charge in [-0.05, 0) is 30.7 Å². The van der Waals surface area contributed by atoms with E-state index in [1.54, 1.807) is 18.2 Å². The molecule has 0 amide bonds. The van der Waals surface area contributed by atoms with Crippen LogP contribution < -0.4 is 10.1 Å². The summed E-state index contributed by atoms with van der Waals surface area (Å²) < 4.78 is 54.4. The zero-order valence-electron chi connectivity index (χ0n) is 12.3. The molecule has 0 aliphatic carbocycles. The Balaban J connectivity index is 2.94. The second-order valence-corrected chi connectivity index (χ2v) is 4.54. The average molecular weight is 338 g/mol. The maximum atomic E-state index is 12.8. The molecule has 0 heterocycles. The number of benzene rings is 1. The van der Waals surface area contributed by atoms with Gasteiger partial charge in [0.25, 0.3) is 0 Å². The molecule has 0 atom stereocenters. The number of hydrogen-bond acceptors (Lipinski definition) is 5. The van der Waals surface area contributed by atoms with E-state index in [0.717, 1.165) is 0 Å². The van der Waals surface area contributed by atoms with Gasteiger partial charge in [0.1, 0.15) is 29.7 Å². The summed E-state index contributed by atoms with van der Waals surface area (Å²) in [5, 5.41) is 29.0. The quantitative estimate of drug-likeness (QED) is 0.633. The van der Waals surface area contributed by atoms with Crippen LogP contribution in [-0.2, 0) is 0 Å². The molecular formula is C15H10F4N4O. The van der Waals surface area contributed by atoms with E-state index in [2.05, 4.69) is 10.1 Å². The van der Waals surface area contributed by atoms with E-state index in [1.807, 2.05) is 0 Å². The summed E-state index contributed by atoms with van der Waals surface area (Å²) in [5.41, 5.74) is 0.0492. The molecule has 0 radical (unpaired) electrons. The maximum Gasteiger partial charge on any atom is 0.340 e. The summed E-state index contributed by atoms with van der Waals surface area (Å²) in [4.78, 5) is 0. The van der Waals surface area contributed by atoms with Crippen LogP contribution in [0.4, 0.5) is 23.2 Å². The molecule has 5 nitrogen and oxygen atoms in total. The van der Waals surface area contributed by atoms with E-state index >= 15 is 0 Å². The fourth-order valence-corrected chi connectivity index (χ4v) is 1.53. The lowest BCUT2D eigenvalue weighted by atomic mass is 10.1. The van der Waals surface area contributed by atoms with Gasteiger partial charge in [-0.3, -0.25) is 0 Å². The molecule has 124 valence electrons. The zero-order chi connectivity index (χ0) is 18.3. The van der Waals surface area contributed by atoms with Crippen LogP contribution in [-0.4, -0.2) is 19.0 Å². The van der Waals surface area contributed by atoms with E-state index in [0.29, 0.717) is 11.3 Å². The van der Waals surface area contributed by atoms with Gasteiger partial charge >= 0.3 is 12.3 Å². The number of anilines is 1. The number of allylic oxidation sites excluding steroid dienone is 2. The van der Waals surface area contributed by atoms with Crippen molar-refractivity contribution in [1.82, 2.24) is 0 Å². The lowest BCUT2D eigenvalue weighted by molar-refractivity contribution is -0.148. The minimum Gasteiger partial charge on any atom is -0.487 e. The van der Waals surface area contributed by atoms with Crippen LogP contribution in [0.25, 0.3) is 0 Å². The first-order chi connectivity index (χ1) is 11.2. The predicted molar refractivity (Wildman–Crippen MR) is 75.1 cm³/mol. The Morgan fingerprint density at radius 1 is 1.21 bits per heavy atom. The molecule has 0 spiro atoms. The van der Waals surface area contributed by atoms with Gasteiger partial charge in [0, 0.05) is 5.69 Å². The lowest BCUT2D eigenvalue weighted by Gasteiger charge is -2.17. The second-order valence-electron chi connectivity index (χ2n) is 4.54. The molecule has 1 rings (SSSR count). The number of nitrogens with zero attached hydrogens (tertiary/aromatic N) is 3. The van der Waals surface area contributed by atoms with E-state index in [-0.39, 0.29) is 11.4 Å². The minimum atomic E-state index is -4.27. The van der Waals surface area contributed by atoms with Crippen molar-refractivity contribution in [3.05, 3.63) is 35.0 Å². The Bertz CT molecular complexity index is 753. The number of halogens is 4. The molecule has 0 saturated heterocycles. The van der Waals surface area contributed by atoms with Crippen molar-refractivity contribution in [3.63, 3.8) is 0 Å². The van der Waals surface area contributed by atoms with Crippen LogP contribution in [0.5, 0.6) is 5.75 Å². The van der Waals surface area contributed by atoms with Crippen molar-refractivity contribution < 1.29 is 22.3 Å². The standard InChI is InChI=1S/C15H10F4N4O/c1-9-4-11(24-8-15(18,19)14(16)17)2-3-12(9)23-13(7-22)10(5-20)6-21/h2-4,14,23H,8H2,1H3. The SMILES string of the molecule is Cc1cc(OCC(F)(F)C(F)F)ccc1NC(C#N)=C(C#N)C#N.